The van der Waals surface area contributed by atoms with Gasteiger partial charge in [-0.2, -0.15) is 0 Å². The Balaban J connectivity index is 2.28. The van der Waals surface area contributed by atoms with E-state index in [9.17, 15) is 4.79 Å². The van der Waals surface area contributed by atoms with Crippen LogP contribution >= 0.6 is 0 Å². The van der Waals surface area contributed by atoms with Crippen LogP contribution < -0.4 is 5.32 Å². The third-order valence-corrected chi connectivity index (χ3v) is 2.44. The molecule has 94 valence electrons. The Morgan fingerprint density at radius 1 is 1.41 bits per heavy atom. The minimum Gasteiger partial charge on any atom is -0.445 e. The molecule has 0 unspecified atom stereocenters. The van der Waals surface area contributed by atoms with Gasteiger partial charge in [0.15, 0.2) is 0 Å². The van der Waals surface area contributed by atoms with Gasteiger partial charge < -0.3 is 15.2 Å². The summed E-state index contributed by atoms with van der Waals surface area (Å²) in [4.78, 5) is 11.2. The molecule has 4 heteroatoms. The number of ether oxygens (including phenoxy) is 1. The molecule has 0 saturated heterocycles. The van der Waals surface area contributed by atoms with Crippen LogP contribution in [0.2, 0.25) is 0 Å². The van der Waals surface area contributed by atoms with E-state index in [4.69, 9.17) is 9.84 Å². The van der Waals surface area contributed by atoms with Crippen LogP contribution in [0.25, 0.3) is 0 Å². The third-order valence-electron chi connectivity index (χ3n) is 2.44. The van der Waals surface area contributed by atoms with E-state index in [1.807, 2.05) is 24.3 Å². The number of carbonyl (C=O) groups excluding carboxylic acids is 1. The van der Waals surface area contributed by atoms with Gasteiger partial charge in [-0.1, -0.05) is 37.0 Å². The van der Waals surface area contributed by atoms with E-state index in [0.29, 0.717) is 5.92 Å². The Hall–Kier alpha value is -1.55. The zero-order chi connectivity index (χ0) is 12.5. The molecule has 1 aliphatic rings. The van der Waals surface area contributed by atoms with Gasteiger partial charge in [-0.25, -0.2) is 4.79 Å². The molecule has 1 amide bonds. The van der Waals surface area contributed by atoms with Crippen LogP contribution in [0.15, 0.2) is 37.0 Å². The van der Waals surface area contributed by atoms with E-state index in [-0.39, 0.29) is 19.3 Å². The first kappa shape index (κ1) is 13.5. The highest BCUT2D eigenvalue weighted by atomic mass is 16.5. The lowest BCUT2D eigenvalue weighted by Gasteiger charge is -2.17. The number of hydrogen-bond donors (Lipinski definition) is 2. The fourth-order valence-electron chi connectivity index (χ4n) is 1.58. The molecule has 17 heavy (non-hydrogen) atoms. The normalized spacial score (nSPS) is 22.2. The van der Waals surface area contributed by atoms with Crippen molar-refractivity contribution >= 4 is 6.09 Å². The van der Waals surface area contributed by atoms with Gasteiger partial charge in [0.05, 0.1) is 6.04 Å². The van der Waals surface area contributed by atoms with Crippen molar-refractivity contribution in [3.8, 4) is 0 Å². The van der Waals surface area contributed by atoms with Crippen molar-refractivity contribution in [1.82, 2.24) is 5.32 Å². The van der Waals surface area contributed by atoms with E-state index >= 15 is 0 Å². The second kappa shape index (κ2) is 7.68. The monoisotopic (exact) mass is 237 g/mol. The molecule has 4 nitrogen and oxygen atoms in total. The minimum atomic E-state index is -0.446. The fraction of sp³-hybridized carbons (Fsp3) is 0.462. The zero-order valence-electron chi connectivity index (χ0n) is 9.84. The lowest BCUT2D eigenvalue weighted by Crippen LogP contribution is -2.33. The summed E-state index contributed by atoms with van der Waals surface area (Å²) in [5, 5.41) is 11.4. The quantitative estimate of drug-likeness (QED) is 0.692. The molecule has 0 fully saturated rings. The van der Waals surface area contributed by atoms with Crippen molar-refractivity contribution in [2.75, 3.05) is 13.2 Å². The largest absolute Gasteiger partial charge is 0.445 e. The SMILES string of the molecule is C=CCOC(=O)NC1C=CC(CCCO)C=C1. The number of rotatable bonds is 6. The van der Waals surface area contributed by atoms with Crippen molar-refractivity contribution in [2.45, 2.75) is 18.9 Å². The first-order valence-corrected chi connectivity index (χ1v) is 5.78. The van der Waals surface area contributed by atoms with Gasteiger partial charge in [0, 0.05) is 6.61 Å². The molecular weight excluding hydrogens is 218 g/mol. The maximum atomic E-state index is 11.2. The second-order valence-electron chi connectivity index (χ2n) is 3.86. The highest BCUT2D eigenvalue weighted by Gasteiger charge is 2.11. The molecule has 1 rings (SSSR count). The molecule has 0 heterocycles. The number of nitrogens with one attached hydrogen (secondary N) is 1. The highest BCUT2D eigenvalue weighted by Crippen LogP contribution is 2.15. The van der Waals surface area contributed by atoms with E-state index in [0.717, 1.165) is 12.8 Å². The van der Waals surface area contributed by atoms with E-state index < -0.39 is 6.09 Å². The summed E-state index contributed by atoms with van der Waals surface area (Å²) in [7, 11) is 0. The molecule has 0 aromatic heterocycles. The van der Waals surface area contributed by atoms with Crippen LogP contribution in [0.5, 0.6) is 0 Å². The van der Waals surface area contributed by atoms with E-state index in [1.54, 1.807) is 0 Å². The van der Waals surface area contributed by atoms with E-state index in [2.05, 4.69) is 11.9 Å². The number of aliphatic hydroxyl groups excluding tert-OH is 1. The Bertz CT molecular complexity index is 296. The Morgan fingerprint density at radius 2 is 2.12 bits per heavy atom. The van der Waals surface area contributed by atoms with Crippen LogP contribution in [0, 0.1) is 5.92 Å². The first-order chi connectivity index (χ1) is 8.26. The molecule has 2 N–H and O–H groups in total. The van der Waals surface area contributed by atoms with Crippen molar-refractivity contribution < 1.29 is 14.6 Å². The van der Waals surface area contributed by atoms with Crippen molar-refractivity contribution in [2.24, 2.45) is 5.92 Å². The van der Waals surface area contributed by atoms with Gasteiger partial charge in [-0.05, 0) is 18.8 Å². The number of hydrogen-bond acceptors (Lipinski definition) is 3. The van der Waals surface area contributed by atoms with Crippen LogP contribution in [0.4, 0.5) is 4.79 Å². The number of alkyl carbamates (subject to hydrolysis) is 1. The summed E-state index contributed by atoms with van der Waals surface area (Å²) in [6, 6.07) is -0.113. The average molecular weight is 237 g/mol. The second-order valence-corrected chi connectivity index (χ2v) is 3.86. The Kier molecular flexibility index (Phi) is 6.10. The lowest BCUT2D eigenvalue weighted by atomic mass is 9.96. The van der Waals surface area contributed by atoms with Crippen LogP contribution in [0.1, 0.15) is 12.8 Å². The van der Waals surface area contributed by atoms with Crippen LogP contribution in [-0.4, -0.2) is 30.5 Å². The Morgan fingerprint density at radius 3 is 2.71 bits per heavy atom. The summed E-state index contributed by atoms with van der Waals surface area (Å²) < 4.78 is 4.82. The molecule has 0 aromatic rings. The van der Waals surface area contributed by atoms with Gasteiger partial charge in [-0.15, -0.1) is 0 Å². The maximum Gasteiger partial charge on any atom is 0.408 e. The van der Waals surface area contributed by atoms with Crippen molar-refractivity contribution in [1.29, 1.82) is 0 Å². The molecule has 0 radical (unpaired) electrons. The number of amides is 1. The zero-order valence-corrected chi connectivity index (χ0v) is 9.84. The van der Waals surface area contributed by atoms with Gasteiger partial charge in [0.2, 0.25) is 0 Å². The highest BCUT2D eigenvalue weighted by molar-refractivity contribution is 5.68. The van der Waals surface area contributed by atoms with Crippen LogP contribution in [-0.2, 0) is 4.74 Å². The number of allylic oxidation sites excluding steroid dienone is 2. The molecule has 0 spiro atoms. The summed E-state index contributed by atoms with van der Waals surface area (Å²) in [6.07, 6.45) is 10.7. The molecule has 1 aliphatic carbocycles. The predicted octanol–water partition coefficient (Wildman–Crippen LogP) is 1.78. The molecule has 0 aliphatic heterocycles. The topological polar surface area (TPSA) is 58.6 Å². The third kappa shape index (κ3) is 5.36. The molecule has 0 atom stereocenters. The summed E-state index contributed by atoms with van der Waals surface area (Å²) >= 11 is 0. The number of carbonyl (C=O) groups is 1. The summed E-state index contributed by atoms with van der Waals surface area (Å²) in [6.45, 7) is 3.89. The molecular formula is C13H19NO3. The number of aliphatic hydroxyl groups is 1. The predicted molar refractivity (Wildman–Crippen MR) is 66.6 cm³/mol. The molecule has 0 bridgehead atoms. The lowest BCUT2D eigenvalue weighted by molar-refractivity contribution is 0.157. The summed E-state index contributed by atoms with van der Waals surface area (Å²) in [5.41, 5.74) is 0. The van der Waals surface area contributed by atoms with Crippen molar-refractivity contribution in [3.63, 3.8) is 0 Å². The summed E-state index contributed by atoms with van der Waals surface area (Å²) in [5.74, 6) is 0.351. The maximum absolute atomic E-state index is 11.2. The van der Waals surface area contributed by atoms with Gasteiger partial charge >= 0.3 is 6.09 Å². The fourth-order valence-corrected chi connectivity index (χ4v) is 1.58. The van der Waals surface area contributed by atoms with Gasteiger partial charge in [0.1, 0.15) is 6.61 Å². The van der Waals surface area contributed by atoms with E-state index in [1.165, 1.54) is 6.08 Å². The van der Waals surface area contributed by atoms with Crippen LogP contribution in [0.3, 0.4) is 0 Å². The average Bonchev–Trinajstić information content (AvgIpc) is 2.35. The Labute approximate surface area is 102 Å². The smallest absolute Gasteiger partial charge is 0.408 e. The minimum absolute atomic E-state index is 0.113. The van der Waals surface area contributed by atoms with Gasteiger partial charge in [0.25, 0.3) is 0 Å². The standard InChI is InChI=1S/C13H19NO3/c1-2-10-17-13(16)14-12-7-5-11(6-8-12)4-3-9-15/h2,5-8,11-12,15H,1,3-4,9-10H2,(H,14,16). The first-order valence-electron chi connectivity index (χ1n) is 5.78. The molecule has 0 aromatic carbocycles. The van der Waals surface area contributed by atoms with Gasteiger partial charge in [-0.3, -0.25) is 0 Å². The molecule has 0 saturated carbocycles. The van der Waals surface area contributed by atoms with Crippen molar-refractivity contribution in [3.05, 3.63) is 37.0 Å².